The molecule has 1 N–H and O–H groups in total. The number of fused-ring (bicyclic) bond motifs is 2. The van der Waals surface area contributed by atoms with Crippen molar-refractivity contribution in [1.82, 2.24) is 5.32 Å². The Morgan fingerprint density at radius 3 is 2.67 bits per heavy atom. The van der Waals surface area contributed by atoms with Crippen molar-refractivity contribution in [3.8, 4) is 0 Å². The van der Waals surface area contributed by atoms with Gasteiger partial charge in [-0.3, -0.25) is 0 Å². The average molecular weight is 207 g/mol. The van der Waals surface area contributed by atoms with Crippen LogP contribution in [-0.2, 0) is 0 Å². The monoisotopic (exact) mass is 207 g/mol. The summed E-state index contributed by atoms with van der Waals surface area (Å²) in [6.45, 7) is 9.56. The zero-order valence-corrected chi connectivity index (χ0v) is 10.3. The van der Waals surface area contributed by atoms with Gasteiger partial charge in [0.05, 0.1) is 0 Å². The Bertz CT molecular complexity index is 233. The summed E-state index contributed by atoms with van der Waals surface area (Å²) in [5, 5.41) is 3.68. The molecule has 0 amide bonds. The van der Waals surface area contributed by atoms with Gasteiger partial charge in [-0.05, 0) is 56.9 Å². The highest BCUT2D eigenvalue weighted by molar-refractivity contribution is 5.01. The van der Waals surface area contributed by atoms with E-state index in [2.05, 4.69) is 25.7 Å². The van der Waals surface area contributed by atoms with Crippen LogP contribution in [0.25, 0.3) is 0 Å². The minimum atomic E-state index is 0.711. The van der Waals surface area contributed by atoms with Crippen LogP contribution in [0.4, 0.5) is 0 Å². The van der Waals surface area contributed by atoms with Crippen LogP contribution in [0, 0.1) is 17.8 Å². The van der Waals surface area contributed by atoms with Gasteiger partial charge in [0, 0.05) is 6.04 Å². The molecule has 4 unspecified atom stereocenters. The van der Waals surface area contributed by atoms with E-state index in [0.717, 1.165) is 24.3 Å². The molecule has 0 aromatic heterocycles. The van der Waals surface area contributed by atoms with Crippen molar-refractivity contribution in [3.63, 3.8) is 0 Å². The van der Waals surface area contributed by atoms with Gasteiger partial charge < -0.3 is 5.32 Å². The Morgan fingerprint density at radius 2 is 2.20 bits per heavy atom. The molecular formula is C14H25N. The van der Waals surface area contributed by atoms with Crippen LogP contribution in [0.1, 0.15) is 46.0 Å². The quantitative estimate of drug-likeness (QED) is 0.682. The van der Waals surface area contributed by atoms with E-state index in [-0.39, 0.29) is 0 Å². The molecule has 2 bridgehead atoms. The smallest absolute Gasteiger partial charge is 0.0135 e. The zero-order valence-electron chi connectivity index (χ0n) is 10.3. The van der Waals surface area contributed by atoms with Gasteiger partial charge >= 0.3 is 0 Å². The first-order valence-corrected chi connectivity index (χ1v) is 6.58. The lowest BCUT2D eigenvalue weighted by Crippen LogP contribution is -2.38. The first-order valence-electron chi connectivity index (χ1n) is 6.58. The minimum Gasteiger partial charge on any atom is -0.314 e. The van der Waals surface area contributed by atoms with Crippen molar-refractivity contribution in [2.45, 2.75) is 52.0 Å². The van der Waals surface area contributed by atoms with Crippen molar-refractivity contribution in [3.05, 3.63) is 12.2 Å². The fraction of sp³-hybridized carbons (Fsp3) is 0.857. The van der Waals surface area contributed by atoms with Gasteiger partial charge in [-0.15, -0.1) is 6.58 Å². The van der Waals surface area contributed by atoms with Crippen molar-refractivity contribution < 1.29 is 0 Å². The molecular weight excluding hydrogens is 182 g/mol. The molecule has 0 saturated heterocycles. The van der Waals surface area contributed by atoms with E-state index < -0.39 is 0 Å². The summed E-state index contributed by atoms with van der Waals surface area (Å²) >= 11 is 0. The molecule has 1 nitrogen and oxygen atoms in total. The Morgan fingerprint density at radius 1 is 1.40 bits per heavy atom. The molecule has 2 rings (SSSR count). The van der Waals surface area contributed by atoms with Crippen molar-refractivity contribution in [2.75, 3.05) is 6.54 Å². The summed E-state index contributed by atoms with van der Waals surface area (Å²) in [6, 6.07) is 0.711. The van der Waals surface area contributed by atoms with Crippen molar-refractivity contribution >= 4 is 0 Å². The standard InChI is InChI=1S/C14H25N/c1-4-15-14(7-10(2)3)13-9-11-5-6-12(13)8-11/h11-15H,2,4-9H2,1,3H3. The molecule has 2 aliphatic rings. The van der Waals surface area contributed by atoms with Crippen LogP contribution in [0.2, 0.25) is 0 Å². The van der Waals surface area contributed by atoms with Gasteiger partial charge in [-0.2, -0.15) is 0 Å². The van der Waals surface area contributed by atoms with E-state index >= 15 is 0 Å². The first-order chi connectivity index (χ1) is 7.20. The fourth-order valence-electron chi connectivity index (χ4n) is 3.80. The van der Waals surface area contributed by atoms with Gasteiger partial charge in [0.15, 0.2) is 0 Å². The predicted octanol–water partition coefficient (Wildman–Crippen LogP) is 3.37. The molecule has 0 aromatic rings. The summed E-state index contributed by atoms with van der Waals surface area (Å²) in [4.78, 5) is 0. The Hall–Kier alpha value is -0.300. The van der Waals surface area contributed by atoms with Crippen LogP contribution in [-0.4, -0.2) is 12.6 Å². The molecule has 4 atom stereocenters. The Kier molecular flexibility index (Phi) is 3.50. The van der Waals surface area contributed by atoms with Gasteiger partial charge in [0.2, 0.25) is 0 Å². The molecule has 0 spiro atoms. The Labute approximate surface area is 94.3 Å². The highest BCUT2D eigenvalue weighted by Gasteiger charge is 2.42. The van der Waals surface area contributed by atoms with Crippen molar-refractivity contribution in [1.29, 1.82) is 0 Å². The van der Waals surface area contributed by atoms with Crippen LogP contribution in [0.5, 0.6) is 0 Å². The maximum Gasteiger partial charge on any atom is 0.0135 e. The molecule has 0 radical (unpaired) electrons. The second-order valence-corrected chi connectivity index (χ2v) is 5.66. The molecule has 2 fully saturated rings. The number of nitrogens with one attached hydrogen (secondary N) is 1. The molecule has 0 aromatic carbocycles. The van der Waals surface area contributed by atoms with Crippen LogP contribution >= 0.6 is 0 Å². The van der Waals surface area contributed by atoms with E-state index in [9.17, 15) is 0 Å². The summed E-state index contributed by atoms with van der Waals surface area (Å²) in [5.41, 5.74) is 1.34. The lowest BCUT2D eigenvalue weighted by molar-refractivity contribution is 0.249. The zero-order chi connectivity index (χ0) is 10.8. The summed E-state index contributed by atoms with van der Waals surface area (Å²) in [5.74, 6) is 3.03. The summed E-state index contributed by atoms with van der Waals surface area (Å²) in [7, 11) is 0. The maximum absolute atomic E-state index is 4.07. The van der Waals surface area contributed by atoms with Crippen LogP contribution < -0.4 is 5.32 Å². The van der Waals surface area contributed by atoms with E-state index in [4.69, 9.17) is 0 Å². The molecule has 15 heavy (non-hydrogen) atoms. The fourth-order valence-corrected chi connectivity index (χ4v) is 3.80. The number of hydrogen-bond acceptors (Lipinski definition) is 1. The van der Waals surface area contributed by atoms with Gasteiger partial charge in [0.25, 0.3) is 0 Å². The van der Waals surface area contributed by atoms with E-state index in [1.165, 1.54) is 37.7 Å². The van der Waals surface area contributed by atoms with E-state index in [1.807, 2.05) is 0 Å². The molecule has 2 aliphatic carbocycles. The van der Waals surface area contributed by atoms with Crippen LogP contribution in [0.15, 0.2) is 12.2 Å². The normalized spacial score (nSPS) is 35.7. The highest BCUT2D eigenvalue weighted by atomic mass is 14.9. The lowest BCUT2D eigenvalue weighted by atomic mass is 9.81. The molecule has 0 aliphatic heterocycles. The van der Waals surface area contributed by atoms with Gasteiger partial charge in [-0.1, -0.05) is 18.9 Å². The maximum atomic E-state index is 4.07. The average Bonchev–Trinajstić information content (AvgIpc) is 2.77. The topological polar surface area (TPSA) is 12.0 Å². The second-order valence-electron chi connectivity index (χ2n) is 5.66. The number of rotatable bonds is 5. The predicted molar refractivity (Wildman–Crippen MR) is 65.8 cm³/mol. The minimum absolute atomic E-state index is 0.711. The van der Waals surface area contributed by atoms with Gasteiger partial charge in [-0.25, -0.2) is 0 Å². The van der Waals surface area contributed by atoms with Gasteiger partial charge in [0.1, 0.15) is 0 Å². The summed E-state index contributed by atoms with van der Waals surface area (Å²) in [6.07, 6.45) is 7.18. The lowest BCUT2D eigenvalue weighted by Gasteiger charge is -2.31. The van der Waals surface area contributed by atoms with Crippen LogP contribution in [0.3, 0.4) is 0 Å². The molecule has 2 saturated carbocycles. The third kappa shape index (κ3) is 2.44. The van der Waals surface area contributed by atoms with E-state index in [1.54, 1.807) is 0 Å². The SMILES string of the molecule is C=C(C)CC(NCC)C1CC2CCC1C2. The number of hydrogen-bond donors (Lipinski definition) is 1. The largest absolute Gasteiger partial charge is 0.314 e. The highest BCUT2D eigenvalue weighted by Crippen LogP contribution is 2.50. The summed E-state index contributed by atoms with van der Waals surface area (Å²) < 4.78 is 0. The molecule has 1 heteroatoms. The molecule has 0 heterocycles. The Balaban J connectivity index is 1.95. The van der Waals surface area contributed by atoms with Crippen molar-refractivity contribution in [2.24, 2.45) is 17.8 Å². The second kappa shape index (κ2) is 4.69. The van der Waals surface area contributed by atoms with E-state index in [0.29, 0.717) is 6.04 Å². The third-order valence-electron chi connectivity index (χ3n) is 4.34. The first kappa shape index (κ1) is 11.2. The third-order valence-corrected chi connectivity index (χ3v) is 4.34. The molecule has 86 valence electrons.